The van der Waals surface area contributed by atoms with Crippen LogP contribution in [0.1, 0.15) is 12.5 Å². The van der Waals surface area contributed by atoms with Crippen LogP contribution in [0.4, 0.5) is 0 Å². The van der Waals surface area contributed by atoms with Crippen LogP contribution < -0.4 is 0 Å². The average molecular weight is 294 g/mol. The van der Waals surface area contributed by atoms with Crippen molar-refractivity contribution < 1.29 is 4.79 Å². The Morgan fingerprint density at radius 3 is 2.57 bits per heavy atom. The summed E-state index contributed by atoms with van der Waals surface area (Å²) < 4.78 is 0. The maximum atomic E-state index is 11.4. The Morgan fingerprint density at radius 1 is 1.00 bits per heavy atom. The monoisotopic (exact) mass is 294 g/mol. The standard InChI is InChI=1S/C19H18OS/c1-14-12-17(20)10-11-19(14)21(2)13-16-8-5-7-15-6-3-4-9-18(15)16/h3-12H,13H2,1-2H3. The third kappa shape index (κ3) is 2.91. The van der Waals surface area contributed by atoms with E-state index in [4.69, 9.17) is 0 Å². The number of hydrogen-bond acceptors (Lipinski definition) is 1. The van der Waals surface area contributed by atoms with Crippen molar-refractivity contribution in [3.05, 3.63) is 71.8 Å². The van der Waals surface area contributed by atoms with E-state index < -0.39 is 0 Å². The molecule has 0 saturated heterocycles. The van der Waals surface area contributed by atoms with Crippen molar-refractivity contribution in [2.75, 3.05) is 6.26 Å². The van der Waals surface area contributed by atoms with E-state index in [0.29, 0.717) is 0 Å². The lowest BCUT2D eigenvalue weighted by atomic mass is 10.1. The predicted octanol–water partition coefficient (Wildman–Crippen LogP) is 4.50. The normalized spacial score (nSPS) is 17.9. The molecule has 0 bridgehead atoms. The molecule has 0 heterocycles. The van der Waals surface area contributed by atoms with Crippen molar-refractivity contribution in [2.24, 2.45) is 0 Å². The second kappa shape index (κ2) is 5.82. The maximum Gasteiger partial charge on any atom is 0.178 e. The SMILES string of the molecule is CC1=CC(=O)C=CC1=S(C)Cc1cccc2ccccc12. The molecule has 21 heavy (non-hydrogen) atoms. The van der Waals surface area contributed by atoms with Crippen LogP contribution in [0.15, 0.2) is 66.3 Å². The molecule has 1 atom stereocenters. The topological polar surface area (TPSA) is 17.1 Å². The number of benzene rings is 2. The number of allylic oxidation sites excluding steroid dienone is 4. The van der Waals surface area contributed by atoms with Crippen molar-refractivity contribution in [3.63, 3.8) is 0 Å². The number of fused-ring (bicyclic) bond motifs is 1. The number of rotatable bonds is 2. The fourth-order valence-corrected chi connectivity index (χ4v) is 4.52. The van der Waals surface area contributed by atoms with E-state index in [1.165, 1.54) is 21.2 Å². The molecule has 0 saturated carbocycles. The maximum absolute atomic E-state index is 11.4. The van der Waals surface area contributed by atoms with Crippen LogP contribution in [0.25, 0.3) is 10.8 Å². The van der Waals surface area contributed by atoms with Crippen LogP contribution in [-0.4, -0.2) is 16.9 Å². The van der Waals surface area contributed by atoms with Crippen LogP contribution in [0.5, 0.6) is 0 Å². The molecule has 3 rings (SSSR count). The average Bonchev–Trinajstić information content (AvgIpc) is 2.47. The lowest BCUT2D eigenvalue weighted by Crippen LogP contribution is -2.06. The summed E-state index contributed by atoms with van der Waals surface area (Å²) in [7, 11) is 0.101. The summed E-state index contributed by atoms with van der Waals surface area (Å²) in [6, 6.07) is 15.0. The second-order valence-electron chi connectivity index (χ2n) is 5.35. The number of ketones is 1. The molecule has 0 radical (unpaired) electrons. The van der Waals surface area contributed by atoms with Gasteiger partial charge in [0.05, 0.1) is 0 Å². The first kappa shape index (κ1) is 14.0. The van der Waals surface area contributed by atoms with Gasteiger partial charge in [0.1, 0.15) is 0 Å². The van der Waals surface area contributed by atoms with Crippen molar-refractivity contribution in [3.8, 4) is 0 Å². The molecule has 0 fully saturated rings. The first-order valence-corrected chi connectivity index (χ1v) is 8.82. The van der Waals surface area contributed by atoms with Gasteiger partial charge in [-0.3, -0.25) is 4.79 Å². The Morgan fingerprint density at radius 2 is 1.76 bits per heavy atom. The summed E-state index contributed by atoms with van der Waals surface area (Å²) in [5, 5.41) is 2.62. The molecule has 2 aromatic carbocycles. The highest BCUT2D eigenvalue weighted by molar-refractivity contribution is 8.15. The van der Waals surface area contributed by atoms with Crippen molar-refractivity contribution in [2.45, 2.75) is 12.7 Å². The van der Waals surface area contributed by atoms with Gasteiger partial charge in [-0.15, -0.1) is 0 Å². The van der Waals surface area contributed by atoms with Gasteiger partial charge in [0, 0.05) is 10.6 Å². The molecule has 2 aromatic rings. The molecule has 1 aliphatic carbocycles. The summed E-state index contributed by atoms with van der Waals surface area (Å²) in [4.78, 5) is 12.7. The van der Waals surface area contributed by atoms with Crippen LogP contribution in [-0.2, 0) is 10.5 Å². The van der Waals surface area contributed by atoms with E-state index in [1.54, 1.807) is 12.2 Å². The molecule has 1 unspecified atom stereocenters. The lowest BCUT2D eigenvalue weighted by Gasteiger charge is -2.14. The Kier molecular flexibility index (Phi) is 3.89. The molecule has 2 heteroatoms. The molecule has 1 nitrogen and oxygen atoms in total. The summed E-state index contributed by atoms with van der Waals surface area (Å²) in [5.41, 5.74) is 2.48. The van der Waals surface area contributed by atoms with Gasteiger partial charge in [-0.2, -0.15) is 10.5 Å². The minimum absolute atomic E-state index is 0.0958. The first-order chi connectivity index (χ1) is 10.1. The molecule has 0 N–H and O–H groups in total. The third-order valence-corrected chi connectivity index (χ3v) is 5.73. The fraction of sp³-hybridized carbons (Fsp3) is 0.158. The third-order valence-electron chi connectivity index (χ3n) is 3.77. The van der Waals surface area contributed by atoms with Crippen LogP contribution in [0.3, 0.4) is 0 Å². The van der Waals surface area contributed by atoms with Gasteiger partial charge in [0.2, 0.25) is 0 Å². The van der Waals surface area contributed by atoms with E-state index in [-0.39, 0.29) is 16.3 Å². The zero-order valence-corrected chi connectivity index (χ0v) is 13.1. The molecular weight excluding hydrogens is 276 g/mol. The summed E-state index contributed by atoms with van der Waals surface area (Å²) in [6.45, 7) is 2.03. The minimum Gasteiger partial charge on any atom is -0.290 e. The summed E-state index contributed by atoms with van der Waals surface area (Å²) in [5.74, 6) is 1.11. The second-order valence-corrected chi connectivity index (χ2v) is 7.35. The molecule has 1 aliphatic rings. The zero-order chi connectivity index (χ0) is 14.8. The number of carbonyl (C=O) groups is 1. The Bertz CT molecular complexity index is 804. The predicted molar refractivity (Wildman–Crippen MR) is 94.1 cm³/mol. The quantitative estimate of drug-likeness (QED) is 0.746. The van der Waals surface area contributed by atoms with Gasteiger partial charge in [-0.05, 0) is 53.3 Å². The largest absolute Gasteiger partial charge is 0.290 e. The number of carbonyl (C=O) groups excluding carboxylic acids is 1. The summed E-state index contributed by atoms with van der Waals surface area (Å²) in [6.07, 6.45) is 7.66. The van der Waals surface area contributed by atoms with E-state index in [2.05, 4.69) is 48.7 Å². The van der Waals surface area contributed by atoms with Crippen molar-refractivity contribution in [1.29, 1.82) is 0 Å². The van der Waals surface area contributed by atoms with Crippen molar-refractivity contribution in [1.82, 2.24) is 0 Å². The number of hydrogen-bond donors (Lipinski definition) is 0. The Balaban J connectivity index is 2.01. The molecular formula is C19H18OS. The zero-order valence-electron chi connectivity index (χ0n) is 12.3. The van der Waals surface area contributed by atoms with Crippen molar-refractivity contribution >= 4 is 31.9 Å². The van der Waals surface area contributed by atoms with Gasteiger partial charge in [0.15, 0.2) is 5.78 Å². The van der Waals surface area contributed by atoms with Crippen LogP contribution in [0.2, 0.25) is 0 Å². The first-order valence-electron chi connectivity index (χ1n) is 7.02. The summed E-state index contributed by atoms with van der Waals surface area (Å²) >= 11 is 0. The van der Waals surface area contributed by atoms with Crippen LogP contribution in [0, 0.1) is 0 Å². The van der Waals surface area contributed by atoms with Gasteiger partial charge in [-0.25, -0.2) is 0 Å². The van der Waals surface area contributed by atoms with Gasteiger partial charge >= 0.3 is 0 Å². The van der Waals surface area contributed by atoms with Gasteiger partial charge < -0.3 is 0 Å². The molecule has 0 aliphatic heterocycles. The van der Waals surface area contributed by atoms with Crippen LogP contribution >= 0.6 is 10.5 Å². The highest BCUT2D eigenvalue weighted by atomic mass is 32.2. The smallest absolute Gasteiger partial charge is 0.178 e. The fourth-order valence-electron chi connectivity index (χ4n) is 2.74. The van der Waals surface area contributed by atoms with E-state index in [9.17, 15) is 4.79 Å². The highest BCUT2D eigenvalue weighted by Gasteiger charge is 2.09. The molecule has 106 valence electrons. The minimum atomic E-state index is 0.0958. The molecule has 0 amide bonds. The van der Waals surface area contributed by atoms with E-state index in [1.807, 2.05) is 13.0 Å². The molecule has 0 spiro atoms. The lowest BCUT2D eigenvalue weighted by molar-refractivity contribution is -0.110. The van der Waals surface area contributed by atoms with E-state index in [0.717, 1.165) is 11.3 Å². The molecule has 0 aromatic heterocycles. The highest BCUT2D eigenvalue weighted by Crippen LogP contribution is 2.28. The Labute approximate surface area is 127 Å². The van der Waals surface area contributed by atoms with Gasteiger partial charge in [-0.1, -0.05) is 42.5 Å². The van der Waals surface area contributed by atoms with Gasteiger partial charge in [0.25, 0.3) is 0 Å². The Hall–Kier alpha value is -1.93. The van der Waals surface area contributed by atoms with E-state index >= 15 is 0 Å².